The van der Waals surface area contributed by atoms with Crippen LogP contribution in [0.4, 0.5) is 0 Å². The average molecular weight is 1500 g/mol. The fourth-order valence-corrected chi connectivity index (χ4v) is 11.9. The van der Waals surface area contributed by atoms with Crippen molar-refractivity contribution in [1.29, 1.82) is 0 Å². The Bertz CT molecular complexity index is 2540. The normalized spacial score (nSPS) is 14.6. The molecule has 0 aliphatic heterocycles. The summed E-state index contributed by atoms with van der Waals surface area (Å²) in [5, 5.41) is 10.6. The molecule has 0 saturated carbocycles. The Kier molecular flexibility index (Phi) is 72.4. The van der Waals surface area contributed by atoms with Crippen molar-refractivity contribution in [1.82, 2.24) is 0 Å². The molecule has 0 heterocycles. The Morgan fingerprint density at radius 2 is 0.500 bits per heavy atom. The molecule has 0 aromatic carbocycles. The smallest absolute Gasteiger partial charge is 0.462 e. The van der Waals surface area contributed by atoms with E-state index in [0.717, 1.165) is 161 Å². The van der Waals surface area contributed by atoms with E-state index in [-0.39, 0.29) is 25.7 Å². The van der Waals surface area contributed by atoms with Gasteiger partial charge in [0.2, 0.25) is 0 Å². The summed E-state index contributed by atoms with van der Waals surface area (Å²) in [4.78, 5) is 73.0. The van der Waals surface area contributed by atoms with Crippen molar-refractivity contribution >= 4 is 39.5 Å². The molecule has 0 aromatic rings. The number of carbonyl (C=O) groups is 4. The maximum Gasteiger partial charge on any atom is 0.472 e. The maximum atomic E-state index is 13.1. The van der Waals surface area contributed by atoms with Crippen LogP contribution in [0.1, 0.15) is 310 Å². The predicted molar refractivity (Wildman–Crippen MR) is 427 cm³/mol. The molecule has 594 valence electrons. The molecule has 0 amide bonds. The highest BCUT2D eigenvalue weighted by Crippen LogP contribution is 2.45. The Balaban J connectivity index is 5.44. The number of allylic oxidation sites excluding steroid dienone is 24. The second kappa shape index (κ2) is 76.1. The van der Waals surface area contributed by atoms with Crippen molar-refractivity contribution in [3.8, 4) is 0 Å². The van der Waals surface area contributed by atoms with Crippen molar-refractivity contribution in [3.05, 3.63) is 146 Å². The molecule has 0 bridgehead atoms. The van der Waals surface area contributed by atoms with Gasteiger partial charge in [-0.15, -0.1) is 0 Å². The summed E-state index contributed by atoms with van der Waals surface area (Å²) >= 11 is 0. The predicted octanol–water partition coefficient (Wildman–Crippen LogP) is 23.4. The zero-order chi connectivity index (χ0) is 76.0. The number of unbranched alkanes of at least 4 members (excludes halogenated alkanes) is 24. The number of hydrogen-bond donors (Lipinski definition) is 3. The number of esters is 4. The Labute approximate surface area is 630 Å². The van der Waals surface area contributed by atoms with E-state index in [2.05, 4.69) is 174 Å². The Morgan fingerprint density at radius 3 is 0.788 bits per heavy atom. The van der Waals surface area contributed by atoms with Crippen LogP contribution < -0.4 is 0 Å². The lowest BCUT2D eigenvalue weighted by atomic mass is 10.0. The average Bonchev–Trinajstić information content (AvgIpc) is 0.937. The molecule has 0 fully saturated rings. The van der Waals surface area contributed by atoms with Gasteiger partial charge in [-0.25, -0.2) is 9.13 Å². The molecule has 104 heavy (non-hydrogen) atoms. The minimum Gasteiger partial charge on any atom is -0.462 e. The summed E-state index contributed by atoms with van der Waals surface area (Å²) in [6.07, 6.45) is 86.8. The van der Waals surface area contributed by atoms with Crippen LogP contribution in [0.25, 0.3) is 0 Å². The van der Waals surface area contributed by atoms with Crippen LogP contribution in [0.15, 0.2) is 146 Å². The topological polar surface area (TPSA) is 237 Å². The highest BCUT2D eigenvalue weighted by molar-refractivity contribution is 7.47. The largest absolute Gasteiger partial charge is 0.472 e. The molecule has 5 atom stereocenters. The molecular weight excluding hydrogens is 1350 g/mol. The molecule has 5 unspecified atom stereocenters. The van der Waals surface area contributed by atoms with Crippen LogP contribution >= 0.6 is 15.6 Å². The first kappa shape index (κ1) is 98.9. The van der Waals surface area contributed by atoms with Gasteiger partial charge in [-0.2, -0.15) is 0 Å². The van der Waals surface area contributed by atoms with E-state index in [1.807, 2.05) is 0 Å². The van der Waals surface area contributed by atoms with Crippen molar-refractivity contribution in [3.63, 3.8) is 0 Å². The number of phosphoric acid groups is 2. The lowest BCUT2D eigenvalue weighted by Crippen LogP contribution is -2.30. The van der Waals surface area contributed by atoms with Crippen LogP contribution in [-0.2, 0) is 65.4 Å². The molecular formula is C85H142O17P2. The molecule has 0 rings (SSSR count). The number of rotatable bonds is 74. The monoisotopic (exact) mass is 1500 g/mol. The molecule has 0 saturated heterocycles. The summed E-state index contributed by atoms with van der Waals surface area (Å²) in [6, 6.07) is 0. The van der Waals surface area contributed by atoms with Crippen molar-refractivity contribution < 1.29 is 80.2 Å². The van der Waals surface area contributed by atoms with Crippen LogP contribution in [0.3, 0.4) is 0 Å². The third-order valence-electron chi connectivity index (χ3n) is 16.3. The van der Waals surface area contributed by atoms with Crippen molar-refractivity contribution in [2.75, 3.05) is 39.6 Å². The molecule has 0 aliphatic rings. The van der Waals surface area contributed by atoms with E-state index in [4.69, 9.17) is 37.0 Å². The van der Waals surface area contributed by atoms with Gasteiger partial charge in [0, 0.05) is 25.7 Å². The van der Waals surface area contributed by atoms with E-state index in [9.17, 15) is 43.2 Å². The van der Waals surface area contributed by atoms with Crippen molar-refractivity contribution in [2.24, 2.45) is 0 Å². The van der Waals surface area contributed by atoms with Gasteiger partial charge in [-0.1, -0.05) is 289 Å². The second-order valence-electron chi connectivity index (χ2n) is 26.2. The Morgan fingerprint density at radius 1 is 0.279 bits per heavy atom. The third kappa shape index (κ3) is 75.2. The minimum atomic E-state index is -5.00. The first-order valence-electron chi connectivity index (χ1n) is 40.1. The standard InChI is InChI=1S/C85H142O17P2/c1-5-9-13-17-21-25-29-33-37-39-43-45-49-53-57-61-65-69-82(87)95-75-80(101-84(89)71-67-63-59-55-51-47-41-35-31-27-23-19-15-11-7-3)77-99-103(91,92)97-73-79(86)74-98-104(93,94)100-78-81(102-85(90)72-68-64-60-56-52-48-42-36-32-28-24-20-16-12-8-4)76-96-83(88)70-66-62-58-54-50-46-44-40-38-34-30-26-22-18-14-10-6-2/h9-11,13-15,21-23,25-27,33-35,37-38,41,43-46,51,55,79-81,86H,5-8,12,16-20,24,28-32,36,39-40,42,47-50,52-54,56-78H2,1-4H3,(H,91,92)(H,93,94)/b13-9-,14-10-,15-11-,25-21-,26-22-,27-23-,37-33-,38-34-,41-35-,45-43-,46-44-,55-51-. The quantitative estimate of drug-likeness (QED) is 0.0169. The van der Waals surface area contributed by atoms with Gasteiger partial charge in [0.25, 0.3) is 0 Å². The van der Waals surface area contributed by atoms with E-state index in [1.54, 1.807) is 0 Å². The molecule has 0 aliphatic carbocycles. The number of carbonyl (C=O) groups excluding carboxylic acids is 4. The van der Waals surface area contributed by atoms with Gasteiger partial charge in [-0.3, -0.25) is 37.3 Å². The van der Waals surface area contributed by atoms with Crippen LogP contribution in [0.5, 0.6) is 0 Å². The highest BCUT2D eigenvalue weighted by Gasteiger charge is 2.30. The summed E-state index contributed by atoms with van der Waals surface area (Å²) < 4.78 is 68.6. The van der Waals surface area contributed by atoms with E-state index in [1.165, 1.54) is 64.2 Å². The van der Waals surface area contributed by atoms with E-state index >= 15 is 0 Å². The number of aliphatic hydroxyl groups is 1. The summed E-state index contributed by atoms with van der Waals surface area (Å²) in [5.41, 5.74) is 0. The number of ether oxygens (including phenoxy) is 4. The van der Waals surface area contributed by atoms with Crippen LogP contribution in [0, 0.1) is 0 Å². The van der Waals surface area contributed by atoms with Gasteiger partial charge in [0.15, 0.2) is 12.2 Å². The molecule has 0 spiro atoms. The van der Waals surface area contributed by atoms with Crippen LogP contribution in [0.2, 0.25) is 0 Å². The van der Waals surface area contributed by atoms with Gasteiger partial charge >= 0.3 is 39.5 Å². The van der Waals surface area contributed by atoms with E-state index in [0.29, 0.717) is 32.1 Å². The fourth-order valence-electron chi connectivity index (χ4n) is 10.3. The summed E-state index contributed by atoms with van der Waals surface area (Å²) in [6.45, 7) is 4.45. The number of aliphatic hydroxyl groups excluding tert-OH is 1. The molecule has 19 heteroatoms. The molecule has 3 N–H and O–H groups in total. The third-order valence-corrected chi connectivity index (χ3v) is 18.2. The minimum absolute atomic E-state index is 0.0327. The fraction of sp³-hybridized carbons (Fsp3) is 0.671. The lowest BCUT2D eigenvalue weighted by Gasteiger charge is -2.21. The highest BCUT2D eigenvalue weighted by atomic mass is 31.2. The van der Waals surface area contributed by atoms with Crippen molar-refractivity contribution in [2.45, 2.75) is 329 Å². The van der Waals surface area contributed by atoms with Gasteiger partial charge in [-0.05, 0) is 141 Å². The zero-order valence-corrected chi connectivity index (χ0v) is 66.7. The first-order valence-corrected chi connectivity index (χ1v) is 43.1. The number of hydrogen-bond acceptors (Lipinski definition) is 15. The van der Waals surface area contributed by atoms with Gasteiger partial charge in [0.1, 0.15) is 19.3 Å². The maximum absolute atomic E-state index is 13.1. The molecule has 0 radical (unpaired) electrons. The number of phosphoric ester groups is 2. The zero-order valence-electron chi connectivity index (χ0n) is 64.9. The molecule has 17 nitrogen and oxygen atoms in total. The first-order chi connectivity index (χ1) is 50.7. The summed E-state index contributed by atoms with van der Waals surface area (Å²) in [7, 11) is -9.99. The lowest BCUT2D eigenvalue weighted by molar-refractivity contribution is -0.161. The second-order valence-corrected chi connectivity index (χ2v) is 29.1. The summed E-state index contributed by atoms with van der Waals surface area (Å²) in [5.74, 6) is -2.27. The Hall–Kier alpha value is -5.06. The van der Waals surface area contributed by atoms with E-state index < -0.39 is 97.5 Å². The molecule has 0 aromatic heterocycles. The van der Waals surface area contributed by atoms with Crippen LogP contribution in [-0.4, -0.2) is 96.7 Å². The SMILES string of the molecule is CC/C=C\C/C=C\C/C=C\C/C=C\CCCCCCC(=O)OCC(COP(=O)(O)OCC(O)COP(=O)(O)OCC(COC(=O)CCCCCC/C=C\C/C=C\C/C=C\C/C=C\CC)OC(=O)CCCCCCCCCCCCCCCCC)OC(=O)CCCC/C=C\C/C=C\C/C=C\C/C=C\CC. The van der Waals surface area contributed by atoms with Gasteiger partial charge in [0.05, 0.1) is 26.4 Å². The van der Waals surface area contributed by atoms with Gasteiger partial charge < -0.3 is 33.8 Å².